The minimum absolute atomic E-state index is 0.126. The second-order valence-corrected chi connectivity index (χ2v) is 3.24. The van der Waals surface area contributed by atoms with Gasteiger partial charge in [-0.05, 0) is 31.2 Å². The minimum Gasteiger partial charge on any atom is -0.494 e. The van der Waals surface area contributed by atoms with Gasteiger partial charge in [0.2, 0.25) is 0 Å². The Bertz CT molecular complexity index is 448. The predicted octanol–water partition coefficient (Wildman–Crippen LogP) is 2.23. The van der Waals surface area contributed by atoms with E-state index in [2.05, 4.69) is 4.98 Å². The third-order valence-corrected chi connectivity index (χ3v) is 2.22. The second-order valence-electron chi connectivity index (χ2n) is 3.24. The maximum atomic E-state index is 9.06. The number of aliphatic hydroxyl groups excluding tert-OH is 1. The molecule has 0 saturated heterocycles. The molecule has 0 bridgehead atoms. The molecule has 2 aromatic rings. The summed E-state index contributed by atoms with van der Waals surface area (Å²) in [5.74, 6) is 1.42. The fourth-order valence-electron chi connectivity index (χ4n) is 1.49. The van der Waals surface area contributed by atoms with E-state index in [9.17, 15) is 0 Å². The van der Waals surface area contributed by atoms with Crippen molar-refractivity contribution in [3.05, 3.63) is 36.4 Å². The van der Waals surface area contributed by atoms with Crippen molar-refractivity contribution in [1.82, 2.24) is 4.98 Å². The Labute approximate surface area is 93.5 Å². The van der Waals surface area contributed by atoms with Crippen LogP contribution < -0.4 is 4.74 Å². The summed E-state index contributed by atoms with van der Waals surface area (Å²) < 4.78 is 10.6. The van der Waals surface area contributed by atoms with E-state index in [1.165, 1.54) is 6.39 Å². The molecule has 16 heavy (non-hydrogen) atoms. The van der Waals surface area contributed by atoms with Gasteiger partial charge >= 0.3 is 0 Å². The van der Waals surface area contributed by atoms with Gasteiger partial charge in [-0.1, -0.05) is 0 Å². The second kappa shape index (κ2) is 4.81. The smallest absolute Gasteiger partial charge is 0.181 e. The molecular formula is C12H13NO3. The molecule has 0 radical (unpaired) electrons. The SMILES string of the molecule is CCOc1ccc(-c2ocnc2CO)cc1. The Morgan fingerprint density at radius 1 is 1.31 bits per heavy atom. The van der Waals surface area contributed by atoms with E-state index in [0.717, 1.165) is 11.3 Å². The molecule has 0 saturated carbocycles. The topological polar surface area (TPSA) is 55.5 Å². The van der Waals surface area contributed by atoms with Crippen LogP contribution in [0.25, 0.3) is 11.3 Å². The van der Waals surface area contributed by atoms with Crippen LogP contribution in [0.15, 0.2) is 35.1 Å². The number of hydrogen-bond donors (Lipinski definition) is 1. The molecule has 1 heterocycles. The van der Waals surface area contributed by atoms with E-state index in [-0.39, 0.29) is 6.61 Å². The van der Waals surface area contributed by atoms with Crippen molar-refractivity contribution in [3.8, 4) is 17.1 Å². The van der Waals surface area contributed by atoms with Gasteiger partial charge in [0.15, 0.2) is 12.2 Å². The van der Waals surface area contributed by atoms with Gasteiger partial charge in [0.25, 0.3) is 0 Å². The van der Waals surface area contributed by atoms with Crippen LogP contribution in [0.3, 0.4) is 0 Å². The summed E-state index contributed by atoms with van der Waals surface area (Å²) in [5.41, 5.74) is 1.43. The summed E-state index contributed by atoms with van der Waals surface area (Å²) in [6.45, 7) is 2.46. The van der Waals surface area contributed by atoms with Crippen LogP contribution in [0.2, 0.25) is 0 Å². The Balaban J connectivity index is 2.27. The molecule has 0 spiro atoms. The fraction of sp³-hybridized carbons (Fsp3) is 0.250. The van der Waals surface area contributed by atoms with E-state index in [1.807, 2.05) is 31.2 Å². The van der Waals surface area contributed by atoms with Crippen molar-refractivity contribution in [2.24, 2.45) is 0 Å². The molecule has 0 aliphatic carbocycles. The van der Waals surface area contributed by atoms with Crippen molar-refractivity contribution in [2.75, 3.05) is 6.61 Å². The number of nitrogens with zero attached hydrogens (tertiary/aromatic N) is 1. The largest absolute Gasteiger partial charge is 0.494 e. The number of aliphatic hydroxyl groups is 1. The lowest BCUT2D eigenvalue weighted by molar-refractivity contribution is 0.277. The first-order chi connectivity index (χ1) is 7.85. The van der Waals surface area contributed by atoms with Gasteiger partial charge in [-0.25, -0.2) is 4.98 Å². The van der Waals surface area contributed by atoms with Crippen LogP contribution in [-0.2, 0) is 6.61 Å². The molecular weight excluding hydrogens is 206 g/mol. The summed E-state index contributed by atoms with van der Waals surface area (Å²) >= 11 is 0. The van der Waals surface area contributed by atoms with E-state index in [1.54, 1.807) is 0 Å². The molecule has 1 N–H and O–H groups in total. The molecule has 0 fully saturated rings. The van der Waals surface area contributed by atoms with Crippen LogP contribution in [0, 0.1) is 0 Å². The summed E-state index contributed by atoms with van der Waals surface area (Å²) in [5, 5.41) is 9.06. The number of benzene rings is 1. The van der Waals surface area contributed by atoms with E-state index < -0.39 is 0 Å². The zero-order valence-electron chi connectivity index (χ0n) is 9.01. The number of rotatable bonds is 4. The maximum absolute atomic E-state index is 9.06. The molecule has 1 aromatic carbocycles. The van der Waals surface area contributed by atoms with Crippen LogP contribution in [0.1, 0.15) is 12.6 Å². The highest BCUT2D eigenvalue weighted by Gasteiger charge is 2.09. The van der Waals surface area contributed by atoms with E-state index >= 15 is 0 Å². The zero-order chi connectivity index (χ0) is 11.4. The Morgan fingerprint density at radius 3 is 2.69 bits per heavy atom. The fourth-order valence-corrected chi connectivity index (χ4v) is 1.49. The van der Waals surface area contributed by atoms with Crippen LogP contribution in [0.4, 0.5) is 0 Å². The Hall–Kier alpha value is -1.81. The quantitative estimate of drug-likeness (QED) is 0.856. The van der Waals surface area contributed by atoms with Crippen LogP contribution in [-0.4, -0.2) is 16.7 Å². The number of hydrogen-bond acceptors (Lipinski definition) is 4. The molecule has 4 heteroatoms. The number of ether oxygens (including phenoxy) is 1. The summed E-state index contributed by atoms with van der Waals surface area (Å²) in [7, 11) is 0. The van der Waals surface area contributed by atoms with Gasteiger partial charge in [-0.3, -0.25) is 0 Å². The lowest BCUT2D eigenvalue weighted by Crippen LogP contribution is -1.91. The van der Waals surface area contributed by atoms with Gasteiger partial charge < -0.3 is 14.3 Å². The minimum atomic E-state index is -0.126. The van der Waals surface area contributed by atoms with Gasteiger partial charge in [0.05, 0.1) is 13.2 Å². The van der Waals surface area contributed by atoms with Crippen LogP contribution >= 0.6 is 0 Å². The highest BCUT2D eigenvalue weighted by molar-refractivity contribution is 5.60. The highest BCUT2D eigenvalue weighted by atomic mass is 16.5. The zero-order valence-corrected chi connectivity index (χ0v) is 9.01. The standard InChI is InChI=1S/C12H13NO3/c1-2-15-10-5-3-9(4-6-10)12-11(7-14)13-8-16-12/h3-6,8,14H,2,7H2,1H3. The van der Waals surface area contributed by atoms with Crippen LogP contribution in [0.5, 0.6) is 5.75 Å². The van der Waals surface area contributed by atoms with E-state index in [4.69, 9.17) is 14.3 Å². The summed E-state index contributed by atoms with van der Waals surface area (Å²) in [6.07, 6.45) is 1.33. The molecule has 0 amide bonds. The van der Waals surface area contributed by atoms with Gasteiger partial charge in [-0.15, -0.1) is 0 Å². The van der Waals surface area contributed by atoms with Crippen molar-refractivity contribution in [2.45, 2.75) is 13.5 Å². The summed E-state index contributed by atoms with van der Waals surface area (Å²) in [4.78, 5) is 3.92. The van der Waals surface area contributed by atoms with Crippen molar-refractivity contribution in [1.29, 1.82) is 0 Å². The average molecular weight is 219 g/mol. The third-order valence-electron chi connectivity index (χ3n) is 2.22. The Morgan fingerprint density at radius 2 is 2.06 bits per heavy atom. The summed E-state index contributed by atoms with van der Waals surface area (Å²) in [6, 6.07) is 7.49. The van der Waals surface area contributed by atoms with Crippen molar-refractivity contribution in [3.63, 3.8) is 0 Å². The normalized spacial score (nSPS) is 10.4. The predicted molar refractivity (Wildman–Crippen MR) is 59.0 cm³/mol. The molecule has 0 atom stereocenters. The first kappa shape index (κ1) is 10.7. The van der Waals surface area contributed by atoms with Crippen molar-refractivity contribution < 1.29 is 14.3 Å². The van der Waals surface area contributed by atoms with E-state index in [0.29, 0.717) is 18.1 Å². The maximum Gasteiger partial charge on any atom is 0.181 e. The first-order valence-corrected chi connectivity index (χ1v) is 5.11. The first-order valence-electron chi connectivity index (χ1n) is 5.11. The highest BCUT2D eigenvalue weighted by Crippen LogP contribution is 2.25. The molecule has 1 aromatic heterocycles. The monoisotopic (exact) mass is 219 g/mol. The molecule has 84 valence electrons. The average Bonchev–Trinajstić information content (AvgIpc) is 2.78. The molecule has 0 aliphatic rings. The lowest BCUT2D eigenvalue weighted by Gasteiger charge is -2.03. The van der Waals surface area contributed by atoms with Gasteiger partial charge in [-0.2, -0.15) is 0 Å². The van der Waals surface area contributed by atoms with Crippen molar-refractivity contribution >= 4 is 0 Å². The number of aromatic nitrogens is 1. The van der Waals surface area contributed by atoms with Gasteiger partial charge in [0.1, 0.15) is 11.4 Å². The molecule has 0 aliphatic heterocycles. The third kappa shape index (κ3) is 2.06. The number of oxazole rings is 1. The molecule has 0 unspecified atom stereocenters. The molecule has 2 rings (SSSR count). The van der Waals surface area contributed by atoms with Gasteiger partial charge in [0, 0.05) is 5.56 Å². The molecule has 4 nitrogen and oxygen atoms in total. The Kier molecular flexibility index (Phi) is 3.22. The lowest BCUT2D eigenvalue weighted by atomic mass is 10.1.